The van der Waals surface area contributed by atoms with Gasteiger partial charge < -0.3 is 14.7 Å². The van der Waals surface area contributed by atoms with Gasteiger partial charge in [0.25, 0.3) is 0 Å². The van der Waals surface area contributed by atoms with Gasteiger partial charge in [-0.05, 0) is 12.5 Å². The molecule has 0 fully saturated rings. The van der Waals surface area contributed by atoms with Crippen molar-refractivity contribution in [1.29, 1.82) is 0 Å². The number of rotatable bonds is 8. The Labute approximate surface area is 132 Å². The van der Waals surface area contributed by atoms with E-state index in [1.54, 1.807) is 31.2 Å². The van der Waals surface area contributed by atoms with E-state index < -0.39 is 30.0 Å². The van der Waals surface area contributed by atoms with Crippen LogP contribution >= 0.6 is 0 Å². The third kappa shape index (κ3) is 6.42. The molecule has 122 valence electrons. The maximum absolute atomic E-state index is 11.6. The van der Waals surface area contributed by atoms with Crippen LogP contribution in [0.1, 0.15) is 12.5 Å². The smallest absolute Gasteiger partial charge is 0.371 e. The van der Waals surface area contributed by atoms with E-state index in [0.29, 0.717) is 10.7 Å². The zero-order valence-corrected chi connectivity index (χ0v) is 12.5. The topological polar surface area (TPSA) is 106 Å². The standard InChI is InChI=1S/C15H16N2O6/c1-3-22-13(18)10-17(23-15(21)11(2)14(19)20)16-9-12-7-5-4-6-8-12/h4-9H,2-3,10H2,1H3,(H,19,20). The SMILES string of the molecule is C=C(C(=O)O)C(=O)ON(CC(=O)OCC)N=Cc1ccccc1. The van der Waals surface area contributed by atoms with E-state index in [2.05, 4.69) is 11.7 Å². The molecule has 0 saturated carbocycles. The van der Waals surface area contributed by atoms with Crippen LogP contribution in [-0.2, 0) is 24.0 Å². The number of ether oxygens (including phenoxy) is 1. The largest absolute Gasteiger partial charge is 0.477 e. The molecular formula is C15H16N2O6. The number of carboxylic acids is 1. The molecule has 0 aliphatic heterocycles. The number of carboxylic acid groups (broad SMARTS) is 1. The quantitative estimate of drug-likeness (QED) is 0.190. The van der Waals surface area contributed by atoms with Crippen LogP contribution in [0.25, 0.3) is 0 Å². The van der Waals surface area contributed by atoms with Gasteiger partial charge in [0.15, 0.2) is 6.54 Å². The third-order valence-corrected chi connectivity index (χ3v) is 2.40. The third-order valence-electron chi connectivity index (χ3n) is 2.40. The van der Waals surface area contributed by atoms with Crippen molar-refractivity contribution in [3.8, 4) is 0 Å². The van der Waals surface area contributed by atoms with Crippen molar-refractivity contribution in [3.05, 3.63) is 48.0 Å². The highest BCUT2D eigenvalue weighted by Gasteiger charge is 2.21. The Bertz CT molecular complexity index is 612. The number of carbonyl (C=O) groups is 3. The Hall–Kier alpha value is -3.16. The lowest BCUT2D eigenvalue weighted by Gasteiger charge is -2.16. The lowest BCUT2D eigenvalue weighted by atomic mass is 10.2. The maximum atomic E-state index is 11.6. The van der Waals surface area contributed by atoms with Crippen molar-refractivity contribution in [2.45, 2.75) is 6.92 Å². The molecule has 1 aromatic carbocycles. The van der Waals surface area contributed by atoms with Gasteiger partial charge in [-0.1, -0.05) is 36.9 Å². The summed E-state index contributed by atoms with van der Waals surface area (Å²) in [7, 11) is 0. The molecular weight excluding hydrogens is 304 g/mol. The van der Waals surface area contributed by atoms with E-state index in [4.69, 9.17) is 14.7 Å². The number of nitrogens with zero attached hydrogens (tertiary/aromatic N) is 2. The van der Waals surface area contributed by atoms with Crippen molar-refractivity contribution in [2.75, 3.05) is 13.2 Å². The summed E-state index contributed by atoms with van der Waals surface area (Å²) in [6, 6.07) is 8.84. The predicted molar refractivity (Wildman–Crippen MR) is 80.2 cm³/mol. The molecule has 0 unspecified atom stereocenters. The number of hydrogen-bond acceptors (Lipinski definition) is 7. The number of hydroxylamine groups is 1. The first-order valence-corrected chi connectivity index (χ1v) is 6.60. The Kier molecular flexibility index (Phi) is 6.99. The summed E-state index contributed by atoms with van der Waals surface area (Å²) in [4.78, 5) is 38.5. The van der Waals surface area contributed by atoms with Crippen molar-refractivity contribution in [1.82, 2.24) is 5.17 Å². The van der Waals surface area contributed by atoms with Crippen LogP contribution in [0, 0.1) is 0 Å². The van der Waals surface area contributed by atoms with Crippen molar-refractivity contribution in [2.24, 2.45) is 5.10 Å². The molecule has 0 spiro atoms. The highest BCUT2D eigenvalue weighted by Crippen LogP contribution is 2.02. The molecule has 0 amide bonds. The van der Waals surface area contributed by atoms with Gasteiger partial charge in [-0.25, -0.2) is 14.4 Å². The first-order valence-electron chi connectivity index (χ1n) is 6.60. The fourth-order valence-corrected chi connectivity index (χ4v) is 1.32. The minimum absolute atomic E-state index is 0.144. The Balaban J connectivity index is 2.82. The van der Waals surface area contributed by atoms with Crippen LogP contribution in [0.15, 0.2) is 47.6 Å². The average Bonchev–Trinajstić information content (AvgIpc) is 2.52. The molecule has 1 rings (SSSR count). The second-order valence-electron chi connectivity index (χ2n) is 4.13. The minimum atomic E-state index is -1.53. The Morgan fingerprint density at radius 1 is 1.30 bits per heavy atom. The fraction of sp³-hybridized carbons (Fsp3) is 0.200. The summed E-state index contributed by atoms with van der Waals surface area (Å²) >= 11 is 0. The van der Waals surface area contributed by atoms with Gasteiger partial charge in [0.2, 0.25) is 0 Å². The van der Waals surface area contributed by atoms with Gasteiger partial charge >= 0.3 is 17.9 Å². The predicted octanol–water partition coefficient (Wildman–Crippen LogP) is 0.985. The van der Waals surface area contributed by atoms with Gasteiger partial charge in [0, 0.05) is 0 Å². The molecule has 1 N–H and O–H groups in total. The molecule has 0 heterocycles. The highest BCUT2D eigenvalue weighted by atomic mass is 16.7. The first kappa shape index (κ1) is 17.9. The number of hydrogen-bond donors (Lipinski definition) is 1. The van der Waals surface area contributed by atoms with Gasteiger partial charge in [-0.3, -0.25) is 0 Å². The van der Waals surface area contributed by atoms with E-state index in [1.807, 2.05) is 6.07 Å². The molecule has 1 aromatic rings. The first-order chi connectivity index (χ1) is 10.9. The lowest BCUT2D eigenvalue weighted by Crippen LogP contribution is -2.31. The van der Waals surface area contributed by atoms with E-state index in [9.17, 15) is 14.4 Å². The summed E-state index contributed by atoms with van der Waals surface area (Å²) in [6.07, 6.45) is 1.34. The zero-order valence-electron chi connectivity index (χ0n) is 12.5. The van der Waals surface area contributed by atoms with E-state index in [-0.39, 0.29) is 6.61 Å². The van der Waals surface area contributed by atoms with Crippen LogP contribution in [0.4, 0.5) is 0 Å². The number of carbonyl (C=O) groups excluding carboxylic acids is 2. The molecule has 0 aromatic heterocycles. The molecule has 0 bridgehead atoms. The highest BCUT2D eigenvalue weighted by molar-refractivity contribution is 6.12. The van der Waals surface area contributed by atoms with Gasteiger partial charge in [-0.15, -0.1) is 10.3 Å². The number of aliphatic carboxylic acids is 1. The number of hydrazone groups is 1. The van der Waals surface area contributed by atoms with E-state index in [1.165, 1.54) is 6.21 Å². The van der Waals surface area contributed by atoms with Gasteiger partial charge in [0.1, 0.15) is 5.57 Å². The molecule has 0 aliphatic rings. The van der Waals surface area contributed by atoms with Gasteiger partial charge in [0.05, 0.1) is 12.8 Å². The second-order valence-corrected chi connectivity index (χ2v) is 4.13. The summed E-state index contributed by atoms with van der Waals surface area (Å²) in [6.45, 7) is 4.34. The number of benzene rings is 1. The molecule has 0 saturated heterocycles. The lowest BCUT2D eigenvalue weighted by molar-refractivity contribution is -0.191. The van der Waals surface area contributed by atoms with Crippen LogP contribution in [0.3, 0.4) is 0 Å². The summed E-state index contributed by atoms with van der Waals surface area (Å²) in [5.41, 5.74) is -0.0942. The van der Waals surface area contributed by atoms with Crippen LogP contribution < -0.4 is 0 Å². The monoisotopic (exact) mass is 320 g/mol. The summed E-state index contributed by atoms with van der Waals surface area (Å²) in [5, 5.41) is 13.2. The molecule has 0 atom stereocenters. The van der Waals surface area contributed by atoms with Crippen LogP contribution in [0.2, 0.25) is 0 Å². The molecule has 0 aliphatic carbocycles. The Morgan fingerprint density at radius 2 is 1.96 bits per heavy atom. The summed E-state index contributed by atoms with van der Waals surface area (Å²) < 4.78 is 4.73. The molecule has 0 radical (unpaired) electrons. The second kappa shape index (κ2) is 8.98. The maximum Gasteiger partial charge on any atom is 0.371 e. The van der Waals surface area contributed by atoms with Crippen LogP contribution in [0.5, 0.6) is 0 Å². The van der Waals surface area contributed by atoms with Crippen molar-refractivity contribution in [3.63, 3.8) is 0 Å². The summed E-state index contributed by atoms with van der Waals surface area (Å²) in [5.74, 6) is -3.45. The number of esters is 1. The zero-order chi connectivity index (χ0) is 17.2. The normalized spacial score (nSPS) is 10.1. The van der Waals surface area contributed by atoms with E-state index in [0.717, 1.165) is 0 Å². The van der Waals surface area contributed by atoms with Gasteiger partial charge in [-0.2, -0.15) is 0 Å². The van der Waals surface area contributed by atoms with Crippen LogP contribution in [-0.4, -0.2) is 47.6 Å². The van der Waals surface area contributed by atoms with E-state index >= 15 is 0 Å². The fourth-order valence-electron chi connectivity index (χ4n) is 1.32. The Morgan fingerprint density at radius 3 is 2.52 bits per heavy atom. The molecule has 8 nitrogen and oxygen atoms in total. The molecule has 8 heteroatoms. The molecule has 23 heavy (non-hydrogen) atoms. The minimum Gasteiger partial charge on any atom is -0.477 e. The van der Waals surface area contributed by atoms with Crippen molar-refractivity contribution >= 4 is 24.1 Å². The average molecular weight is 320 g/mol. The van der Waals surface area contributed by atoms with Crippen molar-refractivity contribution < 1.29 is 29.1 Å².